The van der Waals surface area contributed by atoms with E-state index >= 15 is 0 Å². The summed E-state index contributed by atoms with van der Waals surface area (Å²) in [6.45, 7) is 1.92. The number of carbonyl (C=O) groups excluding carboxylic acids is 1. The smallest absolute Gasteiger partial charge is 0.323 e. The summed E-state index contributed by atoms with van der Waals surface area (Å²) in [7, 11) is 3.79. The zero-order valence-electron chi connectivity index (χ0n) is 13.2. The zero-order valence-corrected chi connectivity index (χ0v) is 13.2. The van der Waals surface area contributed by atoms with Crippen LogP contribution in [0.15, 0.2) is 36.4 Å². The lowest BCUT2D eigenvalue weighted by Gasteiger charge is -2.18. The van der Waals surface area contributed by atoms with Gasteiger partial charge < -0.3 is 20.6 Å². The highest BCUT2D eigenvalue weighted by atomic mass is 16.3. The van der Waals surface area contributed by atoms with Gasteiger partial charge in [-0.15, -0.1) is 0 Å². The molecule has 0 unspecified atom stereocenters. The summed E-state index contributed by atoms with van der Waals surface area (Å²) < 4.78 is 0. The van der Waals surface area contributed by atoms with Gasteiger partial charge in [0.25, 0.3) is 0 Å². The monoisotopic (exact) mass is 310 g/mol. The van der Waals surface area contributed by atoms with Gasteiger partial charge in [-0.1, -0.05) is 0 Å². The second kappa shape index (κ2) is 6.71. The molecule has 0 aliphatic rings. The number of aryl methyl sites for hydroxylation is 1. The van der Waals surface area contributed by atoms with E-state index in [1.807, 2.05) is 25.9 Å². The summed E-state index contributed by atoms with van der Waals surface area (Å²) in [5.74, 6) is 0.123. The van der Waals surface area contributed by atoms with Gasteiger partial charge in [-0.3, -0.25) is 0 Å². The average molecular weight is 310 g/mol. The number of hydrogen-bond donors (Lipinski definition) is 3. The fourth-order valence-corrected chi connectivity index (χ4v) is 2.20. The van der Waals surface area contributed by atoms with Crippen molar-refractivity contribution in [3.63, 3.8) is 0 Å². The first-order valence-corrected chi connectivity index (χ1v) is 7.00. The molecule has 0 saturated heterocycles. The molecule has 0 aliphatic carbocycles. The Labute approximate surface area is 135 Å². The summed E-state index contributed by atoms with van der Waals surface area (Å²) in [5.41, 5.74) is 3.26. The predicted molar refractivity (Wildman–Crippen MR) is 91.0 cm³/mol. The van der Waals surface area contributed by atoms with Crippen LogP contribution in [0.25, 0.3) is 0 Å². The van der Waals surface area contributed by atoms with Gasteiger partial charge in [0.05, 0.1) is 11.3 Å². The van der Waals surface area contributed by atoms with Crippen molar-refractivity contribution in [1.29, 1.82) is 5.26 Å². The van der Waals surface area contributed by atoms with Crippen molar-refractivity contribution in [3.8, 4) is 11.8 Å². The predicted octanol–water partition coefficient (Wildman–Crippen LogP) is 3.28. The molecule has 2 aromatic carbocycles. The number of amides is 2. The summed E-state index contributed by atoms with van der Waals surface area (Å²) in [6.07, 6.45) is 0. The fraction of sp³-hybridized carbons (Fsp3) is 0.176. The Balaban J connectivity index is 2.19. The van der Waals surface area contributed by atoms with E-state index in [-0.39, 0.29) is 5.75 Å². The van der Waals surface area contributed by atoms with Crippen LogP contribution in [0.5, 0.6) is 5.75 Å². The molecule has 0 saturated carbocycles. The standard InChI is InChI=1S/C17H18N4O2/c1-11-8-15(12(10-18)9-16(11)21(2)3)20-17(23)19-13-4-6-14(22)7-5-13/h4-9,22H,1-3H3,(H2,19,20,23). The molecule has 0 bridgehead atoms. The minimum absolute atomic E-state index is 0.123. The SMILES string of the molecule is Cc1cc(NC(=O)Nc2ccc(O)cc2)c(C#N)cc1N(C)C. The lowest BCUT2D eigenvalue weighted by atomic mass is 10.1. The topological polar surface area (TPSA) is 88.4 Å². The minimum atomic E-state index is -0.454. The summed E-state index contributed by atoms with van der Waals surface area (Å²) >= 11 is 0. The highest BCUT2D eigenvalue weighted by Gasteiger charge is 2.11. The molecule has 0 aliphatic heterocycles. The molecule has 2 rings (SSSR count). The number of rotatable bonds is 3. The maximum Gasteiger partial charge on any atom is 0.323 e. The first-order valence-electron chi connectivity index (χ1n) is 7.00. The molecule has 6 heteroatoms. The van der Waals surface area contributed by atoms with Gasteiger partial charge in [0.15, 0.2) is 0 Å². The van der Waals surface area contributed by atoms with Crippen LogP contribution < -0.4 is 15.5 Å². The molecule has 23 heavy (non-hydrogen) atoms. The van der Waals surface area contributed by atoms with Gasteiger partial charge in [-0.25, -0.2) is 4.79 Å². The number of nitrogens with zero attached hydrogens (tertiary/aromatic N) is 2. The molecule has 0 radical (unpaired) electrons. The van der Waals surface area contributed by atoms with Crippen molar-refractivity contribution in [1.82, 2.24) is 0 Å². The van der Waals surface area contributed by atoms with Crippen LogP contribution in [0, 0.1) is 18.3 Å². The molecule has 0 aromatic heterocycles. The van der Waals surface area contributed by atoms with Gasteiger partial charge in [0.1, 0.15) is 11.8 Å². The van der Waals surface area contributed by atoms with Crippen LogP contribution in [0.1, 0.15) is 11.1 Å². The molecular weight excluding hydrogens is 292 g/mol. The first kappa shape index (κ1) is 16.2. The molecule has 3 N–H and O–H groups in total. The lowest BCUT2D eigenvalue weighted by molar-refractivity contribution is 0.262. The van der Waals surface area contributed by atoms with Crippen molar-refractivity contribution in [3.05, 3.63) is 47.5 Å². The average Bonchev–Trinajstić information content (AvgIpc) is 2.49. The van der Waals surface area contributed by atoms with E-state index in [1.54, 1.807) is 24.3 Å². The van der Waals surface area contributed by atoms with Crippen molar-refractivity contribution >= 4 is 23.1 Å². The number of carbonyl (C=O) groups is 1. The molecule has 0 atom stereocenters. The van der Waals surface area contributed by atoms with Gasteiger partial charge in [-0.2, -0.15) is 5.26 Å². The number of nitriles is 1. The van der Waals surface area contributed by atoms with Crippen LogP contribution in [-0.2, 0) is 0 Å². The largest absolute Gasteiger partial charge is 0.508 e. The summed E-state index contributed by atoms with van der Waals surface area (Å²) in [4.78, 5) is 14.0. The number of phenols is 1. The number of urea groups is 1. The third kappa shape index (κ3) is 3.92. The van der Waals surface area contributed by atoms with Gasteiger partial charge in [-0.05, 0) is 48.9 Å². The van der Waals surface area contributed by atoms with Crippen molar-refractivity contribution in [2.75, 3.05) is 29.6 Å². The normalized spacial score (nSPS) is 9.83. The number of hydrogen-bond acceptors (Lipinski definition) is 4. The van der Waals surface area contributed by atoms with Crippen LogP contribution in [0.3, 0.4) is 0 Å². The van der Waals surface area contributed by atoms with E-state index in [0.29, 0.717) is 16.9 Å². The van der Waals surface area contributed by atoms with Crippen molar-refractivity contribution < 1.29 is 9.90 Å². The Morgan fingerprint density at radius 2 is 1.83 bits per heavy atom. The van der Waals surface area contributed by atoms with E-state index in [4.69, 9.17) is 0 Å². The number of nitrogens with one attached hydrogen (secondary N) is 2. The van der Waals surface area contributed by atoms with Crippen molar-refractivity contribution in [2.45, 2.75) is 6.92 Å². The Kier molecular flexibility index (Phi) is 4.72. The Hall–Kier alpha value is -3.20. The summed E-state index contributed by atoms with van der Waals surface area (Å²) in [5, 5.41) is 23.8. The number of benzene rings is 2. The molecule has 0 heterocycles. The highest BCUT2D eigenvalue weighted by Crippen LogP contribution is 2.26. The first-order chi connectivity index (χ1) is 10.9. The molecule has 0 spiro atoms. The third-order valence-electron chi connectivity index (χ3n) is 3.31. The maximum atomic E-state index is 12.1. The van der Waals surface area contributed by atoms with E-state index in [2.05, 4.69) is 16.7 Å². The second-order valence-corrected chi connectivity index (χ2v) is 5.32. The molecule has 118 valence electrons. The van der Waals surface area contributed by atoms with Crippen LogP contribution in [-0.4, -0.2) is 25.2 Å². The second-order valence-electron chi connectivity index (χ2n) is 5.32. The molecule has 2 aromatic rings. The fourth-order valence-electron chi connectivity index (χ4n) is 2.20. The number of aromatic hydroxyl groups is 1. The Bertz CT molecular complexity index is 761. The van der Waals surface area contributed by atoms with Gasteiger partial charge in [0, 0.05) is 25.5 Å². The molecule has 2 amide bonds. The quantitative estimate of drug-likeness (QED) is 0.759. The summed E-state index contributed by atoms with van der Waals surface area (Å²) in [6, 6.07) is 11.3. The molecule has 0 fully saturated rings. The molecule has 6 nitrogen and oxygen atoms in total. The lowest BCUT2D eigenvalue weighted by Crippen LogP contribution is -2.20. The Morgan fingerprint density at radius 1 is 1.17 bits per heavy atom. The number of anilines is 3. The van der Waals surface area contributed by atoms with Gasteiger partial charge >= 0.3 is 6.03 Å². The minimum Gasteiger partial charge on any atom is -0.508 e. The van der Waals surface area contributed by atoms with E-state index in [0.717, 1.165) is 11.3 Å². The Morgan fingerprint density at radius 3 is 2.39 bits per heavy atom. The third-order valence-corrected chi connectivity index (χ3v) is 3.31. The van der Waals surface area contributed by atoms with E-state index < -0.39 is 6.03 Å². The molecular formula is C17H18N4O2. The van der Waals surface area contributed by atoms with Gasteiger partial charge in [0.2, 0.25) is 0 Å². The van der Waals surface area contributed by atoms with Crippen LogP contribution in [0.4, 0.5) is 21.9 Å². The zero-order chi connectivity index (χ0) is 17.0. The van der Waals surface area contributed by atoms with E-state index in [1.165, 1.54) is 12.1 Å². The number of phenolic OH excluding ortho intramolecular Hbond substituents is 1. The van der Waals surface area contributed by atoms with Crippen LogP contribution >= 0.6 is 0 Å². The highest BCUT2D eigenvalue weighted by molar-refractivity contribution is 6.00. The van der Waals surface area contributed by atoms with Crippen molar-refractivity contribution in [2.24, 2.45) is 0 Å². The van der Waals surface area contributed by atoms with E-state index in [9.17, 15) is 15.2 Å². The van der Waals surface area contributed by atoms with Crippen LogP contribution in [0.2, 0.25) is 0 Å². The maximum absolute atomic E-state index is 12.1.